The lowest BCUT2D eigenvalue weighted by Gasteiger charge is -2.31. The van der Waals surface area contributed by atoms with Crippen LogP contribution in [0.1, 0.15) is 34.9 Å². The maximum atomic E-state index is 13.4. The van der Waals surface area contributed by atoms with Gasteiger partial charge in [0.15, 0.2) is 5.82 Å². The van der Waals surface area contributed by atoms with E-state index in [1.165, 1.54) is 10.9 Å². The monoisotopic (exact) mass is 483 g/mol. The van der Waals surface area contributed by atoms with Gasteiger partial charge in [0.1, 0.15) is 5.75 Å². The van der Waals surface area contributed by atoms with Crippen LogP contribution in [-0.2, 0) is 0 Å². The number of amides is 1. The fraction of sp³-hybridized carbons (Fsp3) is 0.222. The fourth-order valence-corrected chi connectivity index (χ4v) is 5.54. The van der Waals surface area contributed by atoms with Crippen molar-refractivity contribution >= 4 is 28.1 Å². The van der Waals surface area contributed by atoms with Gasteiger partial charge in [-0.1, -0.05) is 24.3 Å². The minimum Gasteiger partial charge on any atom is -0.497 e. The molecule has 8 heteroatoms. The third kappa shape index (κ3) is 4.00. The molecule has 4 heterocycles. The number of hydrogen-bond donors (Lipinski definition) is 1. The lowest BCUT2D eigenvalue weighted by atomic mass is 9.89. The van der Waals surface area contributed by atoms with E-state index in [9.17, 15) is 4.79 Å². The molecular formula is C27H25N5O2S. The number of rotatable bonds is 5. The Bertz CT molecular complexity index is 1460. The first-order chi connectivity index (χ1) is 17.2. The van der Waals surface area contributed by atoms with Crippen molar-refractivity contribution in [2.24, 2.45) is 0 Å². The maximum Gasteiger partial charge on any atom is 0.293 e. The highest BCUT2D eigenvalue weighted by Gasteiger charge is 2.29. The van der Waals surface area contributed by atoms with E-state index in [0.717, 1.165) is 34.7 Å². The van der Waals surface area contributed by atoms with Gasteiger partial charge in [-0.3, -0.25) is 4.79 Å². The molecule has 1 N–H and O–H groups in total. The molecule has 2 aromatic carbocycles. The summed E-state index contributed by atoms with van der Waals surface area (Å²) in [4.78, 5) is 24.3. The number of nitrogens with zero attached hydrogens (tertiary/aromatic N) is 4. The van der Waals surface area contributed by atoms with Crippen LogP contribution in [0.25, 0.3) is 27.3 Å². The lowest BCUT2D eigenvalue weighted by molar-refractivity contribution is 0.0701. The summed E-state index contributed by atoms with van der Waals surface area (Å²) in [6, 6.07) is 19.9. The van der Waals surface area contributed by atoms with Crippen LogP contribution >= 0.6 is 11.3 Å². The molecule has 6 rings (SSSR count). The van der Waals surface area contributed by atoms with Crippen LogP contribution in [-0.4, -0.2) is 50.8 Å². The fourth-order valence-electron chi connectivity index (χ4n) is 4.84. The molecule has 35 heavy (non-hydrogen) atoms. The molecule has 0 aliphatic carbocycles. The van der Waals surface area contributed by atoms with Gasteiger partial charge < -0.3 is 14.6 Å². The summed E-state index contributed by atoms with van der Waals surface area (Å²) in [7, 11) is 1.69. The Hall–Kier alpha value is -3.91. The second-order valence-electron chi connectivity index (χ2n) is 8.71. The van der Waals surface area contributed by atoms with Crippen molar-refractivity contribution in [2.45, 2.75) is 18.8 Å². The second-order valence-corrected chi connectivity index (χ2v) is 9.65. The average Bonchev–Trinajstić information content (AvgIpc) is 3.68. The molecule has 0 spiro atoms. The number of likely N-dealkylation sites (tertiary alicyclic amines) is 1. The molecule has 1 aliphatic heterocycles. The molecule has 0 saturated carbocycles. The van der Waals surface area contributed by atoms with Gasteiger partial charge in [0.2, 0.25) is 5.82 Å². The summed E-state index contributed by atoms with van der Waals surface area (Å²) in [6.45, 7) is 1.35. The Balaban J connectivity index is 1.23. The van der Waals surface area contributed by atoms with Crippen LogP contribution in [0.15, 0.2) is 72.2 Å². The van der Waals surface area contributed by atoms with E-state index in [0.29, 0.717) is 24.8 Å². The van der Waals surface area contributed by atoms with E-state index in [1.54, 1.807) is 23.1 Å². The average molecular weight is 484 g/mol. The number of para-hydroxylation sites is 1. The Morgan fingerprint density at radius 1 is 1.09 bits per heavy atom. The number of thiophene rings is 1. The van der Waals surface area contributed by atoms with E-state index >= 15 is 0 Å². The molecule has 1 saturated heterocycles. The smallest absolute Gasteiger partial charge is 0.293 e. The molecule has 176 valence electrons. The molecule has 1 aliphatic rings. The Morgan fingerprint density at radius 3 is 2.66 bits per heavy atom. The van der Waals surface area contributed by atoms with Crippen molar-refractivity contribution in [2.75, 3.05) is 20.2 Å². The standard InChI is InChI=1S/C27H25N5O2S/c1-34-20-9-10-23-21(16-20)22(17-28-23)18-11-13-31(14-12-18)27(33)25-29-26(24-8-5-15-35-24)32(30-25)19-6-3-2-4-7-19/h2-10,15-18,28H,11-14H2,1H3. The number of methoxy groups -OCH3 is 1. The Kier molecular flexibility index (Phi) is 5.58. The van der Waals surface area contributed by atoms with Gasteiger partial charge >= 0.3 is 0 Å². The van der Waals surface area contributed by atoms with E-state index in [-0.39, 0.29) is 11.7 Å². The summed E-state index contributed by atoms with van der Waals surface area (Å²) >= 11 is 1.59. The first kappa shape index (κ1) is 21.6. The summed E-state index contributed by atoms with van der Waals surface area (Å²) < 4.78 is 7.19. The second kappa shape index (κ2) is 9.03. The number of H-pyrrole nitrogens is 1. The number of carbonyl (C=O) groups is 1. The quantitative estimate of drug-likeness (QED) is 0.358. The summed E-state index contributed by atoms with van der Waals surface area (Å²) in [5, 5.41) is 7.84. The topological polar surface area (TPSA) is 76.0 Å². The van der Waals surface area contributed by atoms with Crippen molar-refractivity contribution < 1.29 is 9.53 Å². The van der Waals surface area contributed by atoms with E-state index in [2.05, 4.69) is 33.4 Å². The van der Waals surface area contributed by atoms with Gasteiger partial charge in [-0.15, -0.1) is 16.4 Å². The lowest BCUT2D eigenvalue weighted by Crippen LogP contribution is -2.38. The maximum absolute atomic E-state index is 13.4. The molecule has 1 fully saturated rings. The van der Waals surface area contributed by atoms with Crippen molar-refractivity contribution in [3.63, 3.8) is 0 Å². The van der Waals surface area contributed by atoms with Crippen molar-refractivity contribution in [1.29, 1.82) is 0 Å². The zero-order valence-electron chi connectivity index (χ0n) is 19.3. The summed E-state index contributed by atoms with van der Waals surface area (Å²) in [5.41, 5.74) is 3.28. The van der Waals surface area contributed by atoms with Gasteiger partial charge in [-0.2, -0.15) is 0 Å². The molecule has 0 bridgehead atoms. The molecule has 0 radical (unpaired) electrons. The van der Waals surface area contributed by atoms with Crippen LogP contribution in [0.2, 0.25) is 0 Å². The third-order valence-corrected chi connectivity index (χ3v) is 7.55. The predicted molar refractivity (Wildman–Crippen MR) is 137 cm³/mol. The number of piperidine rings is 1. The van der Waals surface area contributed by atoms with Crippen molar-refractivity contribution in [1.82, 2.24) is 24.6 Å². The van der Waals surface area contributed by atoms with Crippen LogP contribution < -0.4 is 4.74 Å². The van der Waals surface area contributed by atoms with E-state index in [4.69, 9.17) is 4.74 Å². The van der Waals surface area contributed by atoms with Gasteiger partial charge in [0.25, 0.3) is 5.91 Å². The third-order valence-electron chi connectivity index (χ3n) is 6.68. The van der Waals surface area contributed by atoms with Gasteiger partial charge in [0, 0.05) is 30.2 Å². The molecule has 7 nitrogen and oxygen atoms in total. The van der Waals surface area contributed by atoms with E-state index in [1.807, 2.05) is 58.8 Å². The largest absolute Gasteiger partial charge is 0.497 e. The normalized spacial score (nSPS) is 14.5. The highest BCUT2D eigenvalue weighted by atomic mass is 32.1. The number of aromatic amines is 1. The minimum atomic E-state index is -0.114. The molecule has 3 aromatic heterocycles. The number of nitrogens with one attached hydrogen (secondary N) is 1. The van der Waals surface area contributed by atoms with Crippen LogP contribution in [0.5, 0.6) is 5.75 Å². The number of benzene rings is 2. The molecule has 5 aromatic rings. The molecule has 0 atom stereocenters. The first-order valence-corrected chi connectivity index (χ1v) is 12.6. The van der Waals surface area contributed by atoms with Crippen molar-refractivity contribution in [3.8, 4) is 22.1 Å². The number of fused-ring (bicyclic) bond motifs is 1. The number of carbonyl (C=O) groups excluding carboxylic acids is 1. The Labute approximate surface area is 207 Å². The molecule has 0 unspecified atom stereocenters. The SMILES string of the molecule is COc1ccc2[nH]cc(C3CCN(C(=O)c4nc(-c5cccs5)n(-c5ccccc5)n4)CC3)c2c1. The van der Waals surface area contributed by atoms with Crippen LogP contribution in [0.3, 0.4) is 0 Å². The first-order valence-electron chi connectivity index (χ1n) is 11.7. The summed E-state index contributed by atoms with van der Waals surface area (Å²) in [5.74, 6) is 2.06. The zero-order chi connectivity index (χ0) is 23.8. The minimum absolute atomic E-state index is 0.114. The van der Waals surface area contributed by atoms with E-state index < -0.39 is 0 Å². The van der Waals surface area contributed by atoms with Gasteiger partial charge in [-0.25, -0.2) is 9.67 Å². The summed E-state index contributed by atoms with van der Waals surface area (Å²) in [6.07, 6.45) is 3.89. The van der Waals surface area contributed by atoms with Crippen molar-refractivity contribution in [3.05, 3.63) is 83.6 Å². The van der Waals surface area contributed by atoms with Gasteiger partial charge in [0.05, 0.1) is 17.7 Å². The molecular weight excluding hydrogens is 458 g/mol. The number of hydrogen-bond acceptors (Lipinski definition) is 5. The number of aromatic nitrogens is 4. The van der Waals surface area contributed by atoms with Crippen LogP contribution in [0, 0.1) is 0 Å². The zero-order valence-corrected chi connectivity index (χ0v) is 20.2. The van der Waals surface area contributed by atoms with Crippen LogP contribution in [0.4, 0.5) is 0 Å². The van der Waals surface area contributed by atoms with Gasteiger partial charge in [-0.05, 0) is 66.1 Å². The molecule has 1 amide bonds. The Morgan fingerprint density at radius 2 is 1.91 bits per heavy atom. The highest BCUT2D eigenvalue weighted by Crippen LogP contribution is 2.35. The number of ether oxygens (including phenoxy) is 1. The highest BCUT2D eigenvalue weighted by molar-refractivity contribution is 7.13. The predicted octanol–water partition coefficient (Wildman–Crippen LogP) is 5.51.